The van der Waals surface area contributed by atoms with Crippen LogP contribution in [-0.4, -0.2) is 15.5 Å². The average molecular weight is 255 g/mol. The monoisotopic (exact) mass is 255 g/mol. The lowest BCUT2D eigenvalue weighted by molar-refractivity contribution is 0.102. The lowest BCUT2D eigenvalue weighted by Gasteiger charge is -2.03. The molecule has 94 valence electrons. The van der Waals surface area contributed by atoms with E-state index in [2.05, 4.69) is 10.3 Å². The molecule has 6 nitrogen and oxygen atoms in total. The van der Waals surface area contributed by atoms with Gasteiger partial charge in [-0.1, -0.05) is 18.2 Å². The molecular weight excluding hydrogens is 246 g/mol. The highest BCUT2D eigenvalue weighted by Gasteiger charge is 2.11. The fourth-order valence-corrected chi connectivity index (χ4v) is 1.69. The topological polar surface area (TPSA) is 76.6 Å². The number of carbonyl (C=O) groups excluding carboxylic acids is 1. The Morgan fingerprint density at radius 1 is 1.21 bits per heavy atom. The first kappa shape index (κ1) is 11.2. The van der Waals surface area contributed by atoms with E-state index in [1.54, 1.807) is 30.3 Å². The van der Waals surface area contributed by atoms with Gasteiger partial charge in [0.15, 0.2) is 5.65 Å². The van der Waals surface area contributed by atoms with Crippen LogP contribution in [0.5, 0.6) is 0 Å². The van der Waals surface area contributed by atoms with Gasteiger partial charge in [0.2, 0.25) is 0 Å². The molecule has 0 radical (unpaired) electrons. The zero-order valence-corrected chi connectivity index (χ0v) is 9.74. The largest absolute Gasteiger partial charge is 0.378 e. The molecule has 6 heteroatoms. The van der Waals surface area contributed by atoms with Gasteiger partial charge >= 0.3 is 5.56 Å². The molecule has 2 aromatic heterocycles. The van der Waals surface area contributed by atoms with E-state index in [9.17, 15) is 9.59 Å². The summed E-state index contributed by atoms with van der Waals surface area (Å²) in [7, 11) is 0. The molecule has 0 aliphatic carbocycles. The lowest BCUT2D eigenvalue weighted by atomic mass is 10.2. The number of hydrogen-bond acceptors (Lipinski definition) is 4. The Morgan fingerprint density at radius 2 is 2.00 bits per heavy atom. The summed E-state index contributed by atoms with van der Waals surface area (Å²) in [6.07, 6.45) is 2.67. The minimum Gasteiger partial charge on any atom is -0.378 e. The van der Waals surface area contributed by atoms with E-state index >= 15 is 0 Å². The molecule has 0 fully saturated rings. The van der Waals surface area contributed by atoms with E-state index < -0.39 is 5.56 Å². The Morgan fingerprint density at radius 3 is 2.79 bits per heavy atom. The van der Waals surface area contributed by atoms with Crippen molar-refractivity contribution in [2.45, 2.75) is 0 Å². The zero-order chi connectivity index (χ0) is 13.2. The molecule has 0 spiro atoms. The van der Waals surface area contributed by atoms with Crippen LogP contribution in [0.3, 0.4) is 0 Å². The maximum atomic E-state index is 12.0. The van der Waals surface area contributed by atoms with Crippen molar-refractivity contribution in [2.75, 3.05) is 5.32 Å². The van der Waals surface area contributed by atoms with Gasteiger partial charge in [0.05, 0.1) is 6.20 Å². The summed E-state index contributed by atoms with van der Waals surface area (Å²) in [6.45, 7) is 0. The van der Waals surface area contributed by atoms with Crippen molar-refractivity contribution in [1.29, 1.82) is 0 Å². The number of rotatable bonds is 2. The highest BCUT2D eigenvalue weighted by molar-refractivity contribution is 6.04. The van der Waals surface area contributed by atoms with E-state index in [-0.39, 0.29) is 11.6 Å². The van der Waals surface area contributed by atoms with Crippen molar-refractivity contribution in [3.8, 4) is 0 Å². The molecule has 0 atom stereocenters. The standard InChI is InChI=1S/C13H9N3O3/c17-12(9-4-2-1-3-5-9)15-10-8-14-11-6-7-19-16(11)13(10)18/h1-8H,(H,15,17). The molecule has 0 aliphatic heterocycles. The number of benzene rings is 1. The highest BCUT2D eigenvalue weighted by atomic mass is 16.5. The van der Waals surface area contributed by atoms with E-state index in [1.165, 1.54) is 12.5 Å². The van der Waals surface area contributed by atoms with Crippen LogP contribution < -0.4 is 10.9 Å². The van der Waals surface area contributed by atoms with Crippen molar-refractivity contribution in [2.24, 2.45) is 0 Å². The summed E-state index contributed by atoms with van der Waals surface area (Å²) in [5.41, 5.74) is 0.467. The first-order chi connectivity index (χ1) is 9.25. The van der Waals surface area contributed by atoms with Gasteiger partial charge in [-0.2, -0.15) is 0 Å². The van der Waals surface area contributed by atoms with Crippen LogP contribution in [0, 0.1) is 0 Å². The molecule has 0 saturated carbocycles. The predicted molar refractivity (Wildman–Crippen MR) is 68.1 cm³/mol. The normalized spacial score (nSPS) is 10.5. The van der Waals surface area contributed by atoms with E-state index in [4.69, 9.17) is 4.52 Å². The van der Waals surface area contributed by atoms with Gasteiger partial charge in [-0.05, 0) is 12.1 Å². The highest BCUT2D eigenvalue weighted by Crippen LogP contribution is 2.05. The minimum absolute atomic E-state index is 0.0707. The summed E-state index contributed by atoms with van der Waals surface area (Å²) in [4.78, 5) is 27.9. The lowest BCUT2D eigenvalue weighted by Crippen LogP contribution is -2.22. The smallest absolute Gasteiger partial charge is 0.310 e. The van der Waals surface area contributed by atoms with Crippen molar-refractivity contribution >= 4 is 17.2 Å². The number of amides is 1. The molecule has 1 amide bonds. The van der Waals surface area contributed by atoms with E-state index in [0.29, 0.717) is 11.2 Å². The molecule has 0 aliphatic rings. The van der Waals surface area contributed by atoms with Crippen molar-refractivity contribution in [1.82, 2.24) is 9.56 Å². The van der Waals surface area contributed by atoms with Crippen LogP contribution >= 0.6 is 0 Å². The second-order valence-corrected chi connectivity index (χ2v) is 3.86. The molecule has 1 aromatic carbocycles. The molecule has 0 saturated heterocycles. The third kappa shape index (κ3) is 1.99. The number of nitrogens with one attached hydrogen (secondary N) is 1. The average Bonchev–Trinajstić information content (AvgIpc) is 2.92. The van der Waals surface area contributed by atoms with Crippen LogP contribution in [0.1, 0.15) is 10.4 Å². The van der Waals surface area contributed by atoms with Crippen molar-refractivity contribution in [3.63, 3.8) is 0 Å². The summed E-state index contributed by atoms with van der Waals surface area (Å²) >= 11 is 0. The summed E-state index contributed by atoms with van der Waals surface area (Å²) in [5.74, 6) is -0.369. The molecule has 2 heterocycles. The van der Waals surface area contributed by atoms with Gasteiger partial charge in [-0.15, -0.1) is 4.57 Å². The first-order valence-electron chi connectivity index (χ1n) is 5.58. The number of aromatic nitrogens is 2. The molecule has 0 unspecified atom stereocenters. The number of anilines is 1. The second-order valence-electron chi connectivity index (χ2n) is 3.86. The number of hydrogen-bond donors (Lipinski definition) is 1. The minimum atomic E-state index is -0.459. The molecule has 3 rings (SSSR count). The quantitative estimate of drug-likeness (QED) is 0.753. The Hall–Kier alpha value is -2.89. The zero-order valence-electron chi connectivity index (χ0n) is 9.74. The van der Waals surface area contributed by atoms with Gasteiger partial charge in [0, 0.05) is 11.6 Å². The fraction of sp³-hybridized carbons (Fsp3) is 0. The molecular formula is C13H9N3O3. The maximum absolute atomic E-state index is 12.0. The van der Waals surface area contributed by atoms with Gasteiger partial charge in [-0.25, -0.2) is 4.98 Å². The van der Waals surface area contributed by atoms with Crippen LogP contribution in [0.2, 0.25) is 0 Å². The van der Waals surface area contributed by atoms with E-state index in [0.717, 1.165) is 4.57 Å². The Kier molecular flexibility index (Phi) is 2.60. The SMILES string of the molecule is O=C(Nc1cnc2ccon2c1=O)c1ccccc1. The predicted octanol–water partition coefficient (Wildman–Crippen LogP) is 1.54. The summed E-state index contributed by atoms with van der Waals surface area (Å²) in [6, 6.07) is 10.2. The molecule has 0 bridgehead atoms. The fourth-order valence-electron chi connectivity index (χ4n) is 1.69. The van der Waals surface area contributed by atoms with Gasteiger partial charge < -0.3 is 9.84 Å². The van der Waals surface area contributed by atoms with E-state index in [1.807, 2.05) is 6.07 Å². The second kappa shape index (κ2) is 4.41. The van der Waals surface area contributed by atoms with Crippen molar-refractivity contribution in [3.05, 3.63) is 64.8 Å². The summed E-state index contributed by atoms with van der Waals surface area (Å²) < 4.78 is 5.98. The molecule has 1 N–H and O–H groups in total. The Labute approximate surface area is 107 Å². The summed E-state index contributed by atoms with van der Waals surface area (Å²) in [5, 5.41) is 2.51. The molecule has 3 aromatic rings. The van der Waals surface area contributed by atoms with Gasteiger partial charge in [-0.3, -0.25) is 9.59 Å². The Balaban J connectivity index is 1.96. The van der Waals surface area contributed by atoms with Crippen molar-refractivity contribution < 1.29 is 9.32 Å². The van der Waals surface area contributed by atoms with Gasteiger partial charge in [0.25, 0.3) is 5.91 Å². The Bertz CT molecular complexity index is 790. The third-order valence-corrected chi connectivity index (χ3v) is 2.62. The third-order valence-electron chi connectivity index (χ3n) is 2.62. The van der Waals surface area contributed by atoms with Crippen LogP contribution in [-0.2, 0) is 0 Å². The first-order valence-corrected chi connectivity index (χ1v) is 5.58. The van der Waals surface area contributed by atoms with Crippen LogP contribution in [0.15, 0.2) is 58.2 Å². The number of nitrogens with zero attached hydrogens (tertiary/aromatic N) is 2. The molecule has 19 heavy (non-hydrogen) atoms. The number of fused-ring (bicyclic) bond motifs is 1. The van der Waals surface area contributed by atoms with Gasteiger partial charge in [0.1, 0.15) is 12.0 Å². The van der Waals surface area contributed by atoms with Crippen LogP contribution in [0.4, 0.5) is 5.69 Å². The van der Waals surface area contributed by atoms with Crippen LogP contribution in [0.25, 0.3) is 5.65 Å². The number of carbonyl (C=O) groups is 1. The maximum Gasteiger partial charge on any atom is 0.310 e.